The molecule has 4 nitrogen and oxygen atoms in total. The van der Waals surface area contributed by atoms with Crippen molar-refractivity contribution in [1.29, 1.82) is 0 Å². The minimum Gasteiger partial charge on any atom is -0.333 e. The van der Waals surface area contributed by atoms with Gasteiger partial charge in [0.25, 0.3) is 0 Å². The van der Waals surface area contributed by atoms with Gasteiger partial charge in [-0.3, -0.25) is 9.59 Å². The van der Waals surface area contributed by atoms with E-state index in [4.69, 9.17) is 0 Å². The first-order valence-electron chi connectivity index (χ1n) is 5.25. The zero-order valence-corrected chi connectivity index (χ0v) is 9.51. The number of nitrogens with zero attached hydrogens (tertiary/aromatic N) is 2. The average Bonchev–Trinajstić information content (AvgIpc) is 2.49. The molecule has 0 bridgehead atoms. The summed E-state index contributed by atoms with van der Waals surface area (Å²) in [7, 11) is 0. The summed E-state index contributed by atoms with van der Waals surface area (Å²) in [6, 6.07) is 0. The molecule has 0 saturated carbocycles. The lowest BCUT2D eigenvalue weighted by Gasteiger charge is -2.23. The van der Waals surface area contributed by atoms with E-state index in [1.165, 1.54) is 0 Å². The first-order valence-corrected chi connectivity index (χ1v) is 5.25. The lowest BCUT2D eigenvalue weighted by molar-refractivity contribution is -0.187. The van der Waals surface area contributed by atoms with Crippen molar-refractivity contribution < 1.29 is 35.9 Å². The fourth-order valence-corrected chi connectivity index (χ4v) is 1.68. The van der Waals surface area contributed by atoms with Gasteiger partial charge in [-0.05, 0) is 6.42 Å². The second kappa shape index (κ2) is 5.25. The number of carbonyl (C=O) groups excluding carboxylic acids is 2. The van der Waals surface area contributed by atoms with Crippen molar-refractivity contribution in [2.75, 3.05) is 26.2 Å². The molecule has 0 aromatic heterocycles. The summed E-state index contributed by atoms with van der Waals surface area (Å²) in [5.74, 6) is -4.21. The van der Waals surface area contributed by atoms with Crippen LogP contribution in [0.5, 0.6) is 0 Å². The van der Waals surface area contributed by atoms with Gasteiger partial charge in [-0.15, -0.1) is 0 Å². The summed E-state index contributed by atoms with van der Waals surface area (Å²) in [5, 5.41) is 0. The summed E-state index contributed by atoms with van der Waals surface area (Å²) >= 11 is 0. The fourth-order valence-electron chi connectivity index (χ4n) is 1.68. The average molecular weight is 292 g/mol. The number of hydrogen-bond acceptors (Lipinski definition) is 2. The molecule has 0 radical (unpaired) electrons. The van der Waals surface area contributed by atoms with Crippen molar-refractivity contribution in [3.8, 4) is 0 Å². The van der Waals surface area contributed by atoms with E-state index in [1.807, 2.05) is 0 Å². The van der Waals surface area contributed by atoms with Crippen LogP contribution in [0.1, 0.15) is 6.42 Å². The highest BCUT2D eigenvalue weighted by atomic mass is 19.4. The van der Waals surface area contributed by atoms with Gasteiger partial charge >= 0.3 is 24.2 Å². The number of amides is 2. The molecular formula is C9H10F6N2O2. The summed E-state index contributed by atoms with van der Waals surface area (Å²) in [6.07, 6.45) is -10.3. The highest BCUT2D eigenvalue weighted by Crippen LogP contribution is 2.22. The van der Waals surface area contributed by atoms with Crippen LogP contribution in [0, 0.1) is 0 Å². The second-order valence-electron chi connectivity index (χ2n) is 3.93. The van der Waals surface area contributed by atoms with Crippen LogP contribution in [0.3, 0.4) is 0 Å². The zero-order chi connectivity index (χ0) is 14.8. The SMILES string of the molecule is O=C(N1CCCN(C(=O)C(F)(F)F)CC1)C(F)(F)F. The number of rotatable bonds is 0. The van der Waals surface area contributed by atoms with Crippen molar-refractivity contribution in [2.45, 2.75) is 18.8 Å². The molecule has 0 aromatic carbocycles. The minimum atomic E-state index is -5.07. The van der Waals surface area contributed by atoms with Crippen LogP contribution in [0.2, 0.25) is 0 Å². The first kappa shape index (κ1) is 15.6. The van der Waals surface area contributed by atoms with Crippen LogP contribution >= 0.6 is 0 Å². The molecule has 110 valence electrons. The number of alkyl halides is 6. The topological polar surface area (TPSA) is 40.6 Å². The Morgan fingerprint density at radius 3 is 1.26 bits per heavy atom. The van der Waals surface area contributed by atoms with Crippen LogP contribution < -0.4 is 0 Å². The molecule has 19 heavy (non-hydrogen) atoms. The first-order chi connectivity index (χ1) is 8.53. The molecule has 1 aliphatic rings. The monoisotopic (exact) mass is 292 g/mol. The molecule has 1 heterocycles. The van der Waals surface area contributed by atoms with Gasteiger partial charge in [-0.2, -0.15) is 26.3 Å². The molecule has 0 unspecified atom stereocenters. The van der Waals surface area contributed by atoms with E-state index in [-0.39, 0.29) is 19.5 Å². The number of hydrogen-bond donors (Lipinski definition) is 0. The van der Waals surface area contributed by atoms with Gasteiger partial charge in [0.15, 0.2) is 0 Å². The number of halogens is 6. The Hall–Kier alpha value is -1.48. The molecule has 0 N–H and O–H groups in total. The molecule has 1 saturated heterocycles. The molecule has 0 aromatic rings. The van der Waals surface area contributed by atoms with E-state index in [1.54, 1.807) is 0 Å². The van der Waals surface area contributed by atoms with E-state index in [9.17, 15) is 35.9 Å². The lowest BCUT2D eigenvalue weighted by atomic mass is 10.3. The van der Waals surface area contributed by atoms with Gasteiger partial charge in [-0.1, -0.05) is 0 Å². The largest absolute Gasteiger partial charge is 0.471 e. The third-order valence-electron chi connectivity index (χ3n) is 2.56. The molecule has 0 atom stereocenters. The Morgan fingerprint density at radius 2 is 1.00 bits per heavy atom. The van der Waals surface area contributed by atoms with Crippen LogP contribution in [0.25, 0.3) is 0 Å². The Bertz CT molecular complexity index is 331. The molecular weight excluding hydrogens is 282 g/mol. The van der Waals surface area contributed by atoms with Crippen molar-refractivity contribution in [1.82, 2.24) is 9.80 Å². The van der Waals surface area contributed by atoms with Crippen molar-refractivity contribution >= 4 is 11.8 Å². The maximum Gasteiger partial charge on any atom is 0.471 e. The summed E-state index contributed by atoms with van der Waals surface area (Å²) in [4.78, 5) is 22.7. The van der Waals surface area contributed by atoms with Crippen molar-refractivity contribution in [2.24, 2.45) is 0 Å². The molecule has 1 aliphatic heterocycles. The fraction of sp³-hybridized carbons (Fsp3) is 0.778. The second-order valence-corrected chi connectivity index (χ2v) is 3.93. The molecule has 0 aliphatic carbocycles. The van der Waals surface area contributed by atoms with Crippen LogP contribution in [-0.2, 0) is 9.59 Å². The van der Waals surface area contributed by atoms with Crippen LogP contribution in [-0.4, -0.2) is 60.1 Å². The third kappa shape index (κ3) is 4.00. The summed E-state index contributed by atoms with van der Waals surface area (Å²) in [6.45, 7) is -1.81. The van der Waals surface area contributed by atoms with Gasteiger partial charge in [0.1, 0.15) is 0 Å². The van der Waals surface area contributed by atoms with E-state index >= 15 is 0 Å². The van der Waals surface area contributed by atoms with Crippen molar-refractivity contribution in [3.05, 3.63) is 0 Å². The Morgan fingerprint density at radius 1 is 0.684 bits per heavy atom. The quantitative estimate of drug-likeness (QED) is 0.629. The highest BCUT2D eigenvalue weighted by Gasteiger charge is 2.45. The van der Waals surface area contributed by atoms with Crippen LogP contribution in [0.4, 0.5) is 26.3 Å². The molecule has 2 amide bonds. The minimum absolute atomic E-state index is 0.135. The molecule has 1 rings (SSSR count). The van der Waals surface area contributed by atoms with Gasteiger partial charge in [0.2, 0.25) is 0 Å². The van der Waals surface area contributed by atoms with Crippen molar-refractivity contribution in [3.63, 3.8) is 0 Å². The van der Waals surface area contributed by atoms with E-state index in [0.717, 1.165) is 0 Å². The predicted molar refractivity (Wildman–Crippen MR) is 49.9 cm³/mol. The van der Waals surface area contributed by atoms with E-state index in [0.29, 0.717) is 9.80 Å². The van der Waals surface area contributed by atoms with E-state index in [2.05, 4.69) is 0 Å². The maximum absolute atomic E-state index is 12.2. The van der Waals surface area contributed by atoms with E-state index < -0.39 is 37.3 Å². The Kier molecular flexibility index (Phi) is 4.31. The lowest BCUT2D eigenvalue weighted by Crippen LogP contribution is -2.45. The summed E-state index contributed by atoms with van der Waals surface area (Å²) in [5.41, 5.74) is 0. The standard InChI is InChI=1S/C9H10F6N2O2/c10-8(11,12)6(18)16-2-1-3-17(5-4-16)7(19)9(13,14)15/h1-5H2. The van der Waals surface area contributed by atoms with Gasteiger partial charge < -0.3 is 9.80 Å². The zero-order valence-electron chi connectivity index (χ0n) is 9.51. The third-order valence-corrected chi connectivity index (χ3v) is 2.56. The smallest absolute Gasteiger partial charge is 0.333 e. The Balaban J connectivity index is 2.67. The molecule has 0 spiro atoms. The van der Waals surface area contributed by atoms with Crippen LogP contribution in [0.15, 0.2) is 0 Å². The highest BCUT2D eigenvalue weighted by molar-refractivity contribution is 5.83. The predicted octanol–water partition coefficient (Wildman–Crippen LogP) is 1.17. The Labute approximate surface area is 103 Å². The molecule has 1 fully saturated rings. The van der Waals surface area contributed by atoms with Gasteiger partial charge in [-0.25, -0.2) is 0 Å². The maximum atomic E-state index is 12.2. The number of carbonyl (C=O) groups is 2. The van der Waals surface area contributed by atoms with Gasteiger partial charge in [0, 0.05) is 26.2 Å². The summed E-state index contributed by atoms with van der Waals surface area (Å²) < 4.78 is 73.0. The van der Waals surface area contributed by atoms with Gasteiger partial charge in [0.05, 0.1) is 0 Å². The molecule has 10 heteroatoms. The normalized spacial score (nSPS) is 18.2.